The fourth-order valence-corrected chi connectivity index (χ4v) is 2.82. The van der Waals surface area contributed by atoms with Crippen molar-refractivity contribution in [1.29, 1.82) is 0 Å². The van der Waals surface area contributed by atoms with Crippen LogP contribution in [0, 0.1) is 0 Å². The van der Waals surface area contributed by atoms with Crippen LogP contribution >= 0.6 is 0 Å². The largest absolute Gasteiger partial charge is 0.405 e. The number of benzene rings is 1. The Balaban J connectivity index is 1.75. The Morgan fingerprint density at radius 1 is 1.16 bits per heavy atom. The number of aromatic nitrogens is 2. The molecule has 11 heteroatoms. The van der Waals surface area contributed by atoms with Gasteiger partial charge in [-0.05, 0) is 24.3 Å². The molecule has 0 aliphatic rings. The molecule has 3 amide bonds. The molecule has 0 atom stereocenters. The maximum Gasteiger partial charge on any atom is 0.405 e. The summed E-state index contributed by atoms with van der Waals surface area (Å²) < 4.78 is 43.3. The van der Waals surface area contributed by atoms with Crippen LogP contribution in [0.1, 0.15) is 10.4 Å². The molecule has 0 saturated heterocycles. The van der Waals surface area contributed by atoms with Crippen molar-refractivity contribution in [1.82, 2.24) is 20.0 Å². The molecule has 3 N–H and O–H groups in total. The number of methoxy groups -OCH3 is 1. The quantitative estimate of drug-likeness (QED) is 0.497. The molecule has 0 bridgehead atoms. The van der Waals surface area contributed by atoms with E-state index in [1.807, 2.05) is 0 Å². The lowest BCUT2D eigenvalue weighted by molar-refractivity contribution is -0.122. The average Bonchev–Trinajstić information content (AvgIpc) is 3.15. The van der Waals surface area contributed by atoms with Crippen LogP contribution in [0.4, 0.5) is 23.7 Å². The molecule has 2 heterocycles. The molecule has 0 aliphatic heterocycles. The molecule has 0 fully saturated rings. The van der Waals surface area contributed by atoms with Crippen LogP contribution in [0.25, 0.3) is 16.9 Å². The Hall–Kier alpha value is -3.60. The molecule has 31 heavy (non-hydrogen) atoms. The molecule has 3 aromatic rings. The van der Waals surface area contributed by atoms with E-state index >= 15 is 0 Å². The summed E-state index contributed by atoms with van der Waals surface area (Å²) in [6.07, 6.45) is -1.20. The van der Waals surface area contributed by atoms with Crippen LogP contribution in [-0.2, 0) is 4.74 Å². The number of fused-ring (bicyclic) bond motifs is 1. The van der Waals surface area contributed by atoms with Gasteiger partial charge in [0.2, 0.25) is 0 Å². The zero-order valence-corrected chi connectivity index (χ0v) is 16.5. The Morgan fingerprint density at radius 2 is 1.97 bits per heavy atom. The first-order valence-corrected chi connectivity index (χ1v) is 9.23. The molecular weight excluding hydrogens is 415 g/mol. The second kappa shape index (κ2) is 9.47. The molecule has 0 saturated carbocycles. The monoisotopic (exact) mass is 435 g/mol. The predicted octanol–water partition coefficient (Wildman–Crippen LogP) is 3.06. The van der Waals surface area contributed by atoms with Crippen molar-refractivity contribution in [3.63, 3.8) is 0 Å². The highest BCUT2D eigenvalue weighted by Crippen LogP contribution is 2.24. The highest BCUT2D eigenvalue weighted by molar-refractivity contribution is 5.95. The third-order valence-electron chi connectivity index (χ3n) is 4.23. The van der Waals surface area contributed by atoms with E-state index in [0.717, 1.165) is 0 Å². The van der Waals surface area contributed by atoms with Crippen molar-refractivity contribution in [3.05, 3.63) is 54.4 Å². The van der Waals surface area contributed by atoms with Gasteiger partial charge in [-0.25, -0.2) is 9.78 Å². The van der Waals surface area contributed by atoms with E-state index in [-0.39, 0.29) is 5.91 Å². The second-order valence-electron chi connectivity index (χ2n) is 6.54. The Labute approximate surface area is 175 Å². The fourth-order valence-electron chi connectivity index (χ4n) is 2.82. The summed E-state index contributed by atoms with van der Waals surface area (Å²) in [5.74, 6) is -0.250. The van der Waals surface area contributed by atoms with Gasteiger partial charge in [-0.3, -0.25) is 9.20 Å². The molecule has 0 aliphatic carbocycles. The number of hydrogen-bond donors (Lipinski definition) is 3. The highest BCUT2D eigenvalue weighted by atomic mass is 19.4. The second-order valence-corrected chi connectivity index (χ2v) is 6.54. The minimum Gasteiger partial charge on any atom is -0.383 e. The van der Waals surface area contributed by atoms with Crippen molar-refractivity contribution in [2.45, 2.75) is 6.18 Å². The van der Waals surface area contributed by atoms with Crippen molar-refractivity contribution >= 4 is 23.3 Å². The molecule has 2 aromatic heterocycles. The first kappa shape index (κ1) is 22.1. The van der Waals surface area contributed by atoms with Gasteiger partial charge in [0.15, 0.2) is 0 Å². The SMILES string of the molecule is COCCNC(=O)c1ccn2c(-c3cccc(NC(=O)NCC(F)(F)F)c3)cnc2c1. The third-order valence-corrected chi connectivity index (χ3v) is 4.23. The molecule has 0 spiro atoms. The number of pyridine rings is 1. The summed E-state index contributed by atoms with van der Waals surface area (Å²) in [7, 11) is 1.55. The standard InChI is InChI=1S/C20H20F3N5O3/c1-31-8-6-24-18(29)14-5-7-28-16(11-25-17(28)10-14)13-3-2-4-15(9-13)27-19(30)26-12-20(21,22)23/h2-5,7,9-11H,6,8,12H2,1H3,(H,24,29)(H2,26,27,30). The number of anilines is 1. The van der Waals surface area contributed by atoms with Gasteiger partial charge in [-0.1, -0.05) is 12.1 Å². The van der Waals surface area contributed by atoms with Crippen LogP contribution in [0.3, 0.4) is 0 Å². The van der Waals surface area contributed by atoms with Gasteiger partial charge in [-0.2, -0.15) is 13.2 Å². The van der Waals surface area contributed by atoms with E-state index in [0.29, 0.717) is 41.3 Å². The topological polar surface area (TPSA) is 96.8 Å². The van der Waals surface area contributed by atoms with E-state index in [1.165, 1.54) is 0 Å². The van der Waals surface area contributed by atoms with Crippen LogP contribution < -0.4 is 16.0 Å². The summed E-state index contributed by atoms with van der Waals surface area (Å²) in [5, 5.41) is 6.85. The zero-order valence-electron chi connectivity index (χ0n) is 16.5. The summed E-state index contributed by atoms with van der Waals surface area (Å²) in [6.45, 7) is -0.635. The normalized spacial score (nSPS) is 11.4. The summed E-state index contributed by atoms with van der Waals surface area (Å²) >= 11 is 0. The van der Waals surface area contributed by atoms with E-state index in [9.17, 15) is 22.8 Å². The zero-order chi connectivity index (χ0) is 22.4. The number of rotatable bonds is 7. The van der Waals surface area contributed by atoms with Gasteiger partial charge < -0.3 is 20.7 Å². The van der Waals surface area contributed by atoms with E-state index < -0.39 is 18.8 Å². The maximum atomic E-state index is 12.2. The number of carbonyl (C=O) groups excluding carboxylic acids is 2. The number of hydrogen-bond acceptors (Lipinski definition) is 4. The van der Waals surface area contributed by atoms with Crippen LogP contribution in [-0.4, -0.2) is 54.3 Å². The van der Waals surface area contributed by atoms with Gasteiger partial charge >= 0.3 is 12.2 Å². The third kappa shape index (κ3) is 5.95. The minimum absolute atomic E-state index is 0.250. The summed E-state index contributed by atoms with van der Waals surface area (Å²) in [5.41, 5.74) is 2.66. The Bertz CT molecular complexity index is 1080. The van der Waals surface area contributed by atoms with Gasteiger partial charge in [0.25, 0.3) is 5.91 Å². The van der Waals surface area contributed by atoms with Crippen LogP contribution in [0.15, 0.2) is 48.8 Å². The molecule has 0 unspecified atom stereocenters. The predicted molar refractivity (Wildman–Crippen MR) is 108 cm³/mol. The van der Waals surface area contributed by atoms with Gasteiger partial charge in [0, 0.05) is 36.7 Å². The lowest BCUT2D eigenvalue weighted by Gasteiger charge is -2.11. The molecular formula is C20H20F3N5O3. The lowest BCUT2D eigenvalue weighted by Crippen LogP contribution is -2.36. The van der Waals surface area contributed by atoms with Crippen molar-refractivity contribution in [3.8, 4) is 11.3 Å². The Morgan fingerprint density at radius 3 is 2.71 bits per heavy atom. The molecule has 3 rings (SSSR count). The number of urea groups is 1. The number of halogens is 3. The van der Waals surface area contributed by atoms with Crippen LogP contribution in [0.2, 0.25) is 0 Å². The van der Waals surface area contributed by atoms with Crippen molar-refractivity contribution in [2.24, 2.45) is 0 Å². The highest BCUT2D eigenvalue weighted by Gasteiger charge is 2.27. The minimum atomic E-state index is -4.49. The van der Waals surface area contributed by atoms with Gasteiger partial charge in [0.05, 0.1) is 18.5 Å². The number of nitrogens with zero attached hydrogens (tertiary/aromatic N) is 2. The number of imidazole rings is 1. The first-order chi connectivity index (χ1) is 14.8. The van der Waals surface area contributed by atoms with E-state index in [2.05, 4.69) is 15.6 Å². The smallest absolute Gasteiger partial charge is 0.383 e. The number of ether oxygens (including phenoxy) is 1. The van der Waals surface area contributed by atoms with Crippen LogP contribution in [0.5, 0.6) is 0 Å². The van der Waals surface area contributed by atoms with Gasteiger partial charge in [-0.15, -0.1) is 0 Å². The Kier molecular flexibility index (Phi) is 6.75. The lowest BCUT2D eigenvalue weighted by atomic mass is 10.1. The number of nitrogens with one attached hydrogen (secondary N) is 3. The molecule has 0 radical (unpaired) electrons. The van der Waals surface area contributed by atoms with Crippen molar-refractivity contribution < 1.29 is 27.5 Å². The summed E-state index contributed by atoms with van der Waals surface area (Å²) in [4.78, 5) is 28.2. The molecule has 1 aromatic carbocycles. The van der Waals surface area contributed by atoms with E-state index in [1.54, 1.807) is 65.6 Å². The number of amides is 3. The number of alkyl halides is 3. The van der Waals surface area contributed by atoms with Crippen molar-refractivity contribution in [2.75, 3.05) is 32.1 Å². The van der Waals surface area contributed by atoms with E-state index in [4.69, 9.17) is 4.74 Å². The number of carbonyl (C=O) groups is 2. The fraction of sp³-hybridized carbons (Fsp3) is 0.250. The maximum absolute atomic E-state index is 12.2. The first-order valence-electron chi connectivity index (χ1n) is 9.23. The molecule has 8 nitrogen and oxygen atoms in total. The summed E-state index contributed by atoms with van der Waals surface area (Å²) in [6, 6.07) is 8.92. The molecule has 164 valence electrons. The average molecular weight is 435 g/mol. The van der Waals surface area contributed by atoms with Gasteiger partial charge in [0.1, 0.15) is 12.2 Å².